The standard InChI is InChI=1S/C18H26N4OS/c1-6-9-22-17(12(2)3)20-21-18(22)24-11-16(23)19-15-8-7-13(4)14(5)10-15/h7-8,10,12H,6,9,11H2,1-5H3,(H,19,23). The highest BCUT2D eigenvalue weighted by Crippen LogP contribution is 2.22. The van der Waals surface area contributed by atoms with Crippen molar-refractivity contribution >= 4 is 23.4 Å². The second-order valence-electron chi connectivity index (χ2n) is 6.28. The zero-order valence-corrected chi connectivity index (χ0v) is 15.9. The Kier molecular flexibility index (Phi) is 6.43. The van der Waals surface area contributed by atoms with Gasteiger partial charge in [-0.05, 0) is 43.5 Å². The van der Waals surface area contributed by atoms with E-state index in [1.807, 2.05) is 25.1 Å². The molecule has 0 spiro atoms. The Balaban J connectivity index is 1.99. The molecule has 0 aliphatic rings. The maximum absolute atomic E-state index is 12.2. The highest BCUT2D eigenvalue weighted by molar-refractivity contribution is 7.99. The third-order valence-corrected chi connectivity index (χ3v) is 4.80. The molecule has 0 saturated heterocycles. The van der Waals surface area contributed by atoms with E-state index in [2.05, 4.69) is 47.8 Å². The number of rotatable bonds is 7. The van der Waals surface area contributed by atoms with Gasteiger partial charge in [0.1, 0.15) is 5.82 Å². The van der Waals surface area contributed by atoms with Gasteiger partial charge in [0, 0.05) is 18.2 Å². The van der Waals surface area contributed by atoms with Crippen molar-refractivity contribution in [1.82, 2.24) is 14.8 Å². The molecule has 1 amide bonds. The van der Waals surface area contributed by atoms with Crippen molar-refractivity contribution in [1.29, 1.82) is 0 Å². The lowest BCUT2D eigenvalue weighted by atomic mass is 10.1. The first-order valence-electron chi connectivity index (χ1n) is 8.35. The van der Waals surface area contributed by atoms with Crippen LogP contribution >= 0.6 is 11.8 Å². The summed E-state index contributed by atoms with van der Waals surface area (Å²) in [5, 5.41) is 12.3. The fourth-order valence-corrected chi connectivity index (χ4v) is 3.19. The molecule has 1 aromatic carbocycles. The lowest BCUT2D eigenvalue weighted by molar-refractivity contribution is -0.113. The van der Waals surface area contributed by atoms with Crippen molar-refractivity contribution < 1.29 is 4.79 Å². The first-order chi connectivity index (χ1) is 11.4. The van der Waals surface area contributed by atoms with Crippen molar-refractivity contribution in [3.63, 3.8) is 0 Å². The van der Waals surface area contributed by atoms with Crippen LogP contribution in [0.1, 0.15) is 50.1 Å². The molecule has 24 heavy (non-hydrogen) atoms. The number of nitrogens with one attached hydrogen (secondary N) is 1. The van der Waals surface area contributed by atoms with Gasteiger partial charge in [-0.3, -0.25) is 4.79 Å². The summed E-state index contributed by atoms with van der Waals surface area (Å²) < 4.78 is 2.12. The molecule has 0 saturated carbocycles. The third-order valence-electron chi connectivity index (χ3n) is 3.83. The topological polar surface area (TPSA) is 59.8 Å². The second kappa shape index (κ2) is 8.33. The molecule has 0 fully saturated rings. The van der Waals surface area contributed by atoms with Crippen LogP contribution in [0.5, 0.6) is 0 Å². The van der Waals surface area contributed by atoms with E-state index in [-0.39, 0.29) is 5.91 Å². The largest absolute Gasteiger partial charge is 0.325 e. The van der Waals surface area contributed by atoms with Gasteiger partial charge in [-0.25, -0.2) is 0 Å². The van der Waals surface area contributed by atoms with Crippen LogP contribution in [0.4, 0.5) is 5.69 Å². The van der Waals surface area contributed by atoms with Gasteiger partial charge in [0.05, 0.1) is 5.75 Å². The number of benzene rings is 1. The summed E-state index contributed by atoms with van der Waals surface area (Å²) in [6, 6.07) is 5.95. The van der Waals surface area contributed by atoms with Crippen LogP contribution in [-0.2, 0) is 11.3 Å². The van der Waals surface area contributed by atoms with Crippen LogP contribution in [0.3, 0.4) is 0 Å². The van der Waals surface area contributed by atoms with E-state index in [9.17, 15) is 4.79 Å². The van der Waals surface area contributed by atoms with E-state index in [1.165, 1.54) is 22.9 Å². The molecule has 5 nitrogen and oxygen atoms in total. The van der Waals surface area contributed by atoms with E-state index in [4.69, 9.17) is 0 Å². The Morgan fingerprint density at radius 2 is 2.00 bits per heavy atom. The molecule has 1 N–H and O–H groups in total. The monoisotopic (exact) mass is 346 g/mol. The van der Waals surface area contributed by atoms with Crippen LogP contribution < -0.4 is 5.32 Å². The summed E-state index contributed by atoms with van der Waals surface area (Å²) in [4.78, 5) is 12.2. The predicted molar refractivity (Wildman–Crippen MR) is 99.7 cm³/mol. The van der Waals surface area contributed by atoms with Crippen molar-refractivity contribution in [2.75, 3.05) is 11.1 Å². The molecule has 0 bridgehead atoms. The van der Waals surface area contributed by atoms with Crippen molar-refractivity contribution in [2.24, 2.45) is 0 Å². The van der Waals surface area contributed by atoms with Gasteiger partial charge in [0.15, 0.2) is 5.16 Å². The van der Waals surface area contributed by atoms with Crippen molar-refractivity contribution in [2.45, 2.75) is 58.7 Å². The summed E-state index contributed by atoms with van der Waals surface area (Å²) >= 11 is 1.44. The molecule has 0 aliphatic carbocycles. The van der Waals surface area contributed by atoms with Gasteiger partial charge in [-0.2, -0.15) is 0 Å². The third kappa shape index (κ3) is 4.60. The van der Waals surface area contributed by atoms with Crippen LogP contribution in [-0.4, -0.2) is 26.4 Å². The Morgan fingerprint density at radius 3 is 2.62 bits per heavy atom. The zero-order chi connectivity index (χ0) is 17.7. The Bertz CT molecular complexity index is 709. The van der Waals surface area contributed by atoms with Crippen LogP contribution in [0.15, 0.2) is 23.4 Å². The molecule has 0 unspecified atom stereocenters. The van der Waals surface area contributed by atoms with Crippen LogP contribution in [0.25, 0.3) is 0 Å². The summed E-state index contributed by atoms with van der Waals surface area (Å²) in [6.07, 6.45) is 1.01. The Hall–Kier alpha value is -1.82. The number of hydrogen-bond acceptors (Lipinski definition) is 4. The molecule has 6 heteroatoms. The maximum Gasteiger partial charge on any atom is 0.234 e. The molecule has 0 radical (unpaired) electrons. The van der Waals surface area contributed by atoms with Gasteiger partial charge in [-0.15, -0.1) is 10.2 Å². The summed E-state index contributed by atoms with van der Waals surface area (Å²) in [6.45, 7) is 11.3. The molecule has 130 valence electrons. The second-order valence-corrected chi connectivity index (χ2v) is 7.23. The molecule has 0 aliphatic heterocycles. The van der Waals surface area contributed by atoms with E-state index in [1.54, 1.807) is 0 Å². The van der Waals surface area contributed by atoms with Gasteiger partial charge < -0.3 is 9.88 Å². The smallest absolute Gasteiger partial charge is 0.234 e. The summed E-state index contributed by atoms with van der Waals surface area (Å²) in [5.41, 5.74) is 3.22. The van der Waals surface area contributed by atoms with Crippen molar-refractivity contribution in [3.05, 3.63) is 35.2 Å². The first kappa shape index (κ1) is 18.5. The molecule has 0 atom stereocenters. The fourth-order valence-electron chi connectivity index (χ4n) is 2.41. The average molecular weight is 347 g/mol. The normalized spacial score (nSPS) is 11.1. The molecular formula is C18H26N4OS. The summed E-state index contributed by atoms with van der Waals surface area (Å²) in [7, 11) is 0. The number of thioether (sulfide) groups is 1. The van der Waals surface area contributed by atoms with Gasteiger partial charge in [-0.1, -0.05) is 38.6 Å². The van der Waals surface area contributed by atoms with Gasteiger partial charge in [0.2, 0.25) is 5.91 Å². The van der Waals surface area contributed by atoms with E-state index in [0.29, 0.717) is 11.7 Å². The van der Waals surface area contributed by atoms with Gasteiger partial charge >= 0.3 is 0 Å². The Labute approximate surface area is 148 Å². The van der Waals surface area contributed by atoms with Crippen LogP contribution in [0, 0.1) is 13.8 Å². The number of carbonyl (C=O) groups excluding carboxylic acids is 1. The fraction of sp³-hybridized carbons (Fsp3) is 0.500. The molecule has 1 heterocycles. The number of aromatic nitrogens is 3. The minimum absolute atomic E-state index is 0.0274. The SMILES string of the molecule is CCCn1c(SCC(=O)Nc2ccc(C)c(C)c2)nnc1C(C)C. The highest BCUT2D eigenvalue weighted by atomic mass is 32.2. The number of hydrogen-bond donors (Lipinski definition) is 1. The molecule has 2 aromatic rings. The van der Waals surface area contributed by atoms with E-state index < -0.39 is 0 Å². The average Bonchev–Trinajstić information content (AvgIpc) is 2.92. The number of amides is 1. The number of aryl methyl sites for hydroxylation is 2. The first-order valence-corrected chi connectivity index (χ1v) is 9.34. The predicted octanol–water partition coefficient (Wildman–Crippen LogP) is 4.16. The quantitative estimate of drug-likeness (QED) is 0.765. The number of nitrogens with zero attached hydrogens (tertiary/aromatic N) is 3. The Morgan fingerprint density at radius 1 is 1.25 bits per heavy atom. The molecule has 1 aromatic heterocycles. The molecule has 2 rings (SSSR count). The van der Waals surface area contributed by atoms with E-state index in [0.717, 1.165) is 29.6 Å². The number of carbonyl (C=O) groups is 1. The maximum atomic E-state index is 12.2. The minimum atomic E-state index is -0.0274. The van der Waals surface area contributed by atoms with E-state index >= 15 is 0 Å². The lowest BCUT2D eigenvalue weighted by Crippen LogP contribution is -2.15. The minimum Gasteiger partial charge on any atom is -0.325 e. The van der Waals surface area contributed by atoms with Gasteiger partial charge in [0.25, 0.3) is 0 Å². The van der Waals surface area contributed by atoms with Crippen molar-refractivity contribution in [3.8, 4) is 0 Å². The highest BCUT2D eigenvalue weighted by Gasteiger charge is 2.16. The lowest BCUT2D eigenvalue weighted by Gasteiger charge is -2.11. The number of anilines is 1. The molecular weight excluding hydrogens is 320 g/mol. The zero-order valence-electron chi connectivity index (χ0n) is 15.1. The summed E-state index contributed by atoms with van der Waals surface area (Å²) in [5.74, 6) is 1.60. The van der Waals surface area contributed by atoms with Crippen LogP contribution in [0.2, 0.25) is 0 Å².